The van der Waals surface area contributed by atoms with Gasteiger partial charge in [-0.25, -0.2) is 4.79 Å². The van der Waals surface area contributed by atoms with E-state index < -0.39 is 47.2 Å². The average molecular weight is 369 g/mol. The minimum Gasteiger partial charge on any atom is -0.394 e. The Kier molecular flexibility index (Phi) is 6.79. The Morgan fingerprint density at radius 2 is 1.92 bits per heavy atom. The summed E-state index contributed by atoms with van der Waals surface area (Å²) in [5, 5.41) is 35.8. The fourth-order valence-corrected chi connectivity index (χ4v) is 1.91. The van der Waals surface area contributed by atoms with E-state index in [1.54, 1.807) is 0 Å². The van der Waals surface area contributed by atoms with Crippen molar-refractivity contribution in [2.75, 3.05) is 13.7 Å². The van der Waals surface area contributed by atoms with Gasteiger partial charge in [-0.05, 0) is 6.07 Å². The van der Waals surface area contributed by atoms with Crippen molar-refractivity contribution in [1.29, 1.82) is 5.41 Å². The zero-order valence-corrected chi connectivity index (χ0v) is 13.6. The molecule has 4 atom stereocenters. The van der Waals surface area contributed by atoms with Gasteiger partial charge in [0.05, 0.1) is 13.7 Å². The van der Waals surface area contributed by atoms with E-state index in [1.165, 1.54) is 19.3 Å². The summed E-state index contributed by atoms with van der Waals surface area (Å²) in [4.78, 5) is 11.9. The molecule has 13 heteroatoms. The molecule has 1 aromatic heterocycles. The van der Waals surface area contributed by atoms with Crippen LogP contribution in [0.3, 0.4) is 0 Å². The first-order chi connectivity index (χ1) is 11.0. The third-order valence-corrected chi connectivity index (χ3v) is 3.69. The number of aromatic nitrogens is 2. The molecule has 1 aliphatic rings. The number of aliphatic hydroxyl groups is 3. The molecule has 0 bridgehead atoms. The van der Waals surface area contributed by atoms with Crippen molar-refractivity contribution >= 4 is 10.4 Å². The van der Waals surface area contributed by atoms with Crippen LogP contribution in [0.25, 0.3) is 0 Å². The van der Waals surface area contributed by atoms with E-state index in [9.17, 15) is 23.4 Å². The normalized spacial score (nSPS) is 26.8. The second-order valence-electron chi connectivity index (χ2n) is 4.77. The average Bonchev–Trinajstić information content (AvgIpc) is 2.81. The van der Waals surface area contributed by atoms with E-state index in [0.717, 1.165) is 16.2 Å². The number of nitrogens with zero attached hydrogens (tertiary/aromatic N) is 2. The topological polar surface area (TPSA) is 184 Å². The van der Waals surface area contributed by atoms with Crippen molar-refractivity contribution in [3.8, 4) is 0 Å². The largest absolute Gasteiger partial charge is 0.397 e. The fourth-order valence-electron chi connectivity index (χ4n) is 1.91. The molecule has 1 saturated heterocycles. The Morgan fingerprint density at radius 3 is 2.33 bits per heavy atom. The van der Waals surface area contributed by atoms with Crippen molar-refractivity contribution in [2.45, 2.75) is 24.5 Å². The molecule has 0 amide bonds. The highest BCUT2D eigenvalue weighted by atomic mass is 32.3. The molecule has 1 aliphatic heterocycles. The molecule has 1 unspecified atom stereocenters. The molecule has 138 valence electrons. The van der Waals surface area contributed by atoms with E-state index in [1.807, 2.05) is 0 Å². The van der Waals surface area contributed by atoms with Crippen LogP contribution in [0, 0.1) is 5.41 Å². The second kappa shape index (κ2) is 7.98. The van der Waals surface area contributed by atoms with Gasteiger partial charge >= 0.3 is 16.1 Å². The Bertz CT molecular complexity index is 772. The minimum atomic E-state index is -4.16. The molecule has 0 spiro atoms. The van der Waals surface area contributed by atoms with Gasteiger partial charge in [0.2, 0.25) is 0 Å². The summed E-state index contributed by atoms with van der Waals surface area (Å²) in [7, 11) is -1.87. The maximum atomic E-state index is 11.9. The SMILES string of the molecule is COS(=O)(=O)O.Cn1c(=N)ccn([C@@H]2O[C@H](CO)[C@H](O)C2O)c1=O. The third kappa shape index (κ3) is 4.70. The third-order valence-electron chi connectivity index (χ3n) is 3.26. The van der Waals surface area contributed by atoms with E-state index in [2.05, 4.69) is 4.18 Å². The summed E-state index contributed by atoms with van der Waals surface area (Å²) in [5.41, 5.74) is -0.527. The molecular weight excluding hydrogens is 350 g/mol. The van der Waals surface area contributed by atoms with Crippen LogP contribution in [0.15, 0.2) is 17.1 Å². The predicted octanol–water partition coefficient (Wildman–Crippen LogP) is -3.29. The van der Waals surface area contributed by atoms with Gasteiger partial charge in [-0.1, -0.05) is 0 Å². The maximum absolute atomic E-state index is 11.9. The molecule has 24 heavy (non-hydrogen) atoms. The fraction of sp³-hybridized carbons (Fsp3) is 0.636. The van der Waals surface area contributed by atoms with Gasteiger partial charge in [-0.15, -0.1) is 0 Å². The van der Waals surface area contributed by atoms with E-state index in [-0.39, 0.29) is 5.49 Å². The number of aliphatic hydroxyl groups excluding tert-OH is 3. The van der Waals surface area contributed by atoms with Crippen molar-refractivity contribution < 1.29 is 37.2 Å². The van der Waals surface area contributed by atoms with Gasteiger partial charge in [0, 0.05) is 13.2 Å². The van der Waals surface area contributed by atoms with Crippen LogP contribution in [-0.2, 0) is 26.4 Å². The van der Waals surface area contributed by atoms with Crippen LogP contribution in [0.5, 0.6) is 0 Å². The van der Waals surface area contributed by atoms with Crippen LogP contribution in [0.4, 0.5) is 0 Å². The van der Waals surface area contributed by atoms with Crippen LogP contribution in [-0.4, -0.2) is 69.5 Å². The van der Waals surface area contributed by atoms with Crippen LogP contribution >= 0.6 is 0 Å². The first kappa shape index (κ1) is 20.4. The molecule has 0 aromatic carbocycles. The van der Waals surface area contributed by atoms with Crippen molar-refractivity contribution in [3.05, 3.63) is 28.2 Å². The van der Waals surface area contributed by atoms with E-state index in [0.29, 0.717) is 0 Å². The standard InChI is InChI=1S/C10H15N3O5.CH4O4S/c1-12-6(11)2-3-13(10(12)17)9-8(16)7(15)5(4-14)18-9;1-5-6(2,3)4/h2-3,5,7-9,11,14-16H,4H2,1H3;1H3,(H,2,3,4)/t5-,7+,8?,9-;/m1./s1. The molecule has 2 rings (SSSR count). The molecule has 12 nitrogen and oxygen atoms in total. The molecule has 2 heterocycles. The smallest absolute Gasteiger partial charge is 0.394 e. The second-order valence-corrected chi connectivity index (χ2v) is 5.96. The lowest BCUT2D eigenvalue weighted by atomic mass is 10.1. The molecule has 1 aromatic rings. The Hall–Kier alpha value is -1.61. The van der Waals surface area contributed by atoms with Crippen molar-refractivity contribution in [1.82, 2.24) is 9.13 Å². The highest BCUT2D eigenvalue weighted by Gasteiger charge is 2.43. The van der Waals surface area contributed by atoms with Gasteiger partial charge in [-0.3, -0.25) is 23.3 Å². The Balaban J connectivity index is 0.000000413. The summed E-state index contributed by atoms with van der Waals surface area (Å²) in [6.07, 6.45) is -3.26. The lowest BCUT2D eigenvalue weighted by Gasteiger charge is -2.18. The summed E-state index contributed by atoms with van der Waals surface area (Å²) in [6.45, 7) is -0.452. The molecule has 0 aliphatic carbocycles. The van der Waals surface area contributed by atoms with Crippen LogP contribution in [0.2, 0.25) is 0 Å². The number of rotatable bonds is 3. The van der Waals surface area contributed by atoms with Gasteiger partial charge in [0.15, 0.2) is 6.23 Å². The van der Waals surface area contributed by atoms with E-state index in [4.69, 9.17) is 19.8 Å². The number of ether oxygens (including phenoxy) is 1. The maximum Gasteiger partial charge on any atom is 0.397 e. The van der Waals surface area contributed by atoms with Gasteiger partial charge in [0.25, 0.3) is 0 Å². The quantitative estimate of drug-likeness (QED) is 0.341. The summed E-state index contributed by atoms with van der Waals surface area (Å²) >= 11 is 0. The molecule has 1 fully saturated rings. The zero-order valence-electron chi connectivity index (χ0n) is 12.8. The van der Waals surface area contributed by atoms with Crippen LogP contribution < -0.4 is 11.2 Å². The van der Waals surface area contributed by atoms with Gasteiger partial charge in [0.1, 0.15) is 23.8 Å². The highest BCUT2D eigenvalue weighted by Crippen LogP contribution is 2.27. The van der Waals surface area contributed by atoms with Crippen molar-refractivity contribution in [3.63, 3.8) is 0 Å². The number of hydrogen-bond acceptors (Lipinski definition) is 9. The number of hydrogen-bond donors (Lipinski definition) is 5. The molecule has 5 N–H and O–H groups in total. The molecular formula is C11H19N3O9S. The predicted molar refractivity (Wildman–Crippen MR) is 77.1 cm³/mol. The highest BCUT2D eigenvalue weighted by molar-refractivity contribution is 7.80. The van der Waals surface area contributed by atoms with Crippen molar-refractivity contribution in [2.24, 2.45) is 7.05 Å². The van der Waals surface area contributed by atoms with Gasteiger partial charge < -0.3 is 20.1 Å². The summed E-state index contributed by atoms with van der Waals surface area (Å²) in [5.74, 6) is 0. The summed E-state index contributed by atoms with van der Waals surface area (Å²) in [6, 6.07) is 1.37. The zero-order chi connectivity index (χ0) is 18.7. The molecule has 0 saturated carbocycles. The number of nitrogens with one attached hydrogen (secondary N) is 1. The van der Waals surface area contributed by atoms with Gasteiger partial charge in [-0.2, -0.15) is 8.42 Å². The first-order valence-electron chi connectivity index (χ1n) is 6.51. The molecule has 0 radical (unpaired) electrons. The first-order valence-corrected chi connectivity index (χ1v) is 7.88. The Morgan fingerprint density at radius 1 is 1.38 bits per heavy atom. The summed E-state index contributed by atoms with van der Waals surface area (Å²) < 4.78 is 37.1. The minimum absolute atomic E-state index is 0.0167. The van der Waals surface area contributed by atoms with E-state index >= 15 is 0 Å². The lowest BCUT2D eigenvalue weighted by Crippen LogP contribution is -2.41. The van der Waals surface area contributed by atoms with Crippen LogP contribution in [0.1, 0.15) is 6.23 Å². The monoisotopic (exact) mass is 369 g/mol. The Labute approximate surface area is 136 Å². The lowest BCUT2D eigenvalue weighted by molar-refractivity contribution is -0.0555.